The van der Waals surface area contributed by atoms with Gasteiger partial charge in [-0.1, -0.05) is 0 Å². The van der Waals surface area contributed by atoms with Crippen LogP contribution in [0.15, 0.2) is 6.07 Å². The summed E-state index contributed by atoms with van der Waals surface area (Å²) >= 11 is 0. The largest absolute Gasteiger partial charge is 0.474 e. The average Bonchev–Trinajstić information content (AvgIpc) is 2.91. The van der Waals surface area contributed by atoms with E-state index in [1.165, 1.54) is 4.90 Å². The Morgan fingerprint density at radius 1 is 1.12 bits per heavy atom. The van der Waals surface area contributed by atoms with Gasteiger partial charge in [-0.25, -0.2) is 27.5 Å². The predicted molar refractivity (Wildman–Crippen MR) is 148 cm³/mol. The zero-order chi connectivity index (χ0) is 31.2. The number of ether oxygens (including phenoxy) is 1. The van der Waals surface area contributed by atoms with Crippen molar-refractivity contribution in [1.82, 2.24) is 25.2 Å². The highest BCUT2D eigenvalue weighted by Gasteiger charge is 2.40. The Bertz CT molecular complexity index is 1510. The highest BCUT2D eigenvalue weighted by Crippen LogP contribution is 2.45. The summed E-state index contributed by atoms with van der Waals surface area (Å²) in [5, 5.41) is 6.35. The third-order valence-corrected chi connectivity index (χ3v) is 7.63. The van der Waals surface area contributed by atoms with Crippen molar-refractivity contribution in [2.45, 2.75) is 45.0 Å². The van der Waals surface area contributed by atoms with Crippen LogP contribution >= 0.6 is 0 Å². The number of nitrogens with one attached hydrogen (secondary N) is 2. The number of hydrogen-bond acceptors (Lipinski definition) is 9. The lowest BCUT2D eigenvalue weighted by molar-refractivity contribution is -0.137. The number of anilines is 3. The number of halogens is 7. The van der Waals surface area contributed by atoms with Crippen molar-refractivity contribution in [2.24, 2.45) is 0 Å². The van der Waals surface area contributed by atoms with Gasteiger partial charge in [-0.15, -0.1) is 0 Å². The van der Waals surface area contributed by atoms with Gasteiger partial charge in [0.05, 0.1) is 23.9 Å². The molecular formula is C27H31F7N8O. The van der Waals surface area contributed by atoms with Crippen LogP contribution in [0.1, 0.15) is 24.5 Å². The number of pyridine rings is 1. The monoisotopic (exact) mass is 616 g/mol. The zero-order valence-corrected chi connectivity index (χ0v) is 23.6. The van der Waals surface area contributed by atoms with Crippen molar-refractivity contribution in [3.05, 3.63) is 28.8 Å². The topological polar surface area (TPSA) is 104 Å². The molecule has 43 heavy (non-hydrogen) atoms. The van der Waals surface area contributed by atoms with Crippen molar-refractivity contribution in [3.63, 3.8) is 0 Å². The lowest BCUT2D eigenvalue weighted by atomic mass is 9.96. The third kappa shape index (κ3) is 6.07. The van der Waals surface area contributed by atoms with Crippen molar-refractivity contribution < 1.29 is 35.5 Å². The van der Waals surface area contributed by atoms with E-state index in [9.17, 15) is 26.3 Å². The lowest BCUT2D eigenvalue weighted by Gasteiger charge is -2.44. The minimum absolute atomic E-state index is 0.0195. The maximum Gasteiger partial charge on any atom is 0.417 e. The van der Waals surface area contributed by atoms with E-state index in [0.29, 0.717) is 32.1 Å². The summed E-state index contributed by atoms with van der Waals surface area (Å²) in [5.41, 5.74) is 0.956. The van der Waals surface area contributed by atoms with E-state index in [4.69, 9.17) is 10.5 Å². The van der Waals surface area contributed by atoms with E-state index in [-0.39, 0.29) is 47.7 Å². The van der Waals surface area contributed by atoms with Crippen LogP contribution in [0.5, 0.6) is 5.88 Å². The molecule has 2 aliphatic heterocycles. The Kier molecular flexibility index (Phi) is 8.44. The summed E-state index contributed by atoms with van der Waals surface area (Å²) in [7, 11) is 1.56. The van der Waals surface area contributed by atoms with Gasteiger partial charge in [-0.05, 0) is 45.5 Å². The Morgan fingerprint density at radius 3 is 2.51 bits per heavy atom. The molecule has 2 aliphatic rings. The molecule has 4 heterocycles. The normalized spacial score (nSPS) is 18.4. The predicted octanol–water partition coefficient (Wildman–Crippen LogP) is 4.44. The number of nitrogen functional groups attached to an aromatic ring is 1. The molecule has 0 amide bonds. The molecule has 0 spiro atoms. The van der Waals surface area contributed by atoms with E-state index in [0.717, 1.165) is 6.92 Å². The van der Waals surface area contributed by atoms with Crippen LogP contribution in [0.25, 0.3) is 22.2 Å². The van der Waals surface area contributed by atoms with E-state index < -0.39 is 65.0 Å². The second kappa shape index (κ2) is 11.8. The molecule has 1 fully saturated rings. The fourth-order valence-corrected chi connectivity index (χ4v) is 5.25. The highest BCUT2D eigenvalue weighted by atomic mass is 19.4. The number of hydrogen-bond donors (Lipinski definition) is 3. The maximum absolute atomic E-state index is 16.5. The SMILES string of the molecule is Cc1c(F)c(N)cc(-c2nc3c4c(nc(N5CC(N(C)CC(F)F)C5)nc4c2F)NCCNCC[C@H](C)O3)c1C(F)(F)F. The lowest BCUT2D eigenvalue weighted by Crippen LogP contribution is -2.59. The van der Waals surface area contributed by atoms with E-state index in [1.807, 2.05) is 0 Å². The zero-order valence-electron chi connectivity index (χ0n) is 23.6. The van der Waals surface area contributed by atoms with Gasteiger partial charge < -0.3 is 26.0 Å². The number of rotatable bonds is 5. The summed E-state index contributed by atoms with van der Waals surface area (Å²) in [6.45, 7) is 4.17. The first-order chi connectivity index (χ1) is 20.3. The summed E-state index contributed by atoms with van der Waals surface area (Å²) in [6.07, 6.45) is -7.58. The second-order valence-electron chi connectivity index (χ2n) is 10.8. The molecule has 0 aliphatic carbocycles. The molecule has 234 valence electrons. The molecule has 0 radical (unpaired) electrons. The first-order valence-corrected chi connectivity index (χ1v) is 13.7. The summed E-state index contributed by atoms with van der Waals surface area (Å²) in [5.74, 6) is -2.51. The molecule has 9 nitrogen and oxygen atoms in total. The Hall–Kier alpha value is -3.66. The number of aromatic nitrogens is 3. The maximum atomic E-state index is 16.5. The van der Waals surface area contributed by atoms with Crippen LogP contribution in [-0.4, -0.2) is 84.7 Å². The molecule has 2 aromatic heterocycles. The molecular weight excluding hydrogens is 585 g/mol. The van der Waals surface area contributed by atoms with Crippen molar-refractivity contribution in [3.8, 4) is 17.1 Å². The Labute approximate surface area is 242 Å². The van der Waals surface area contributed by atoms with Crippen LogP contribution in [0, 0.1) is 18.6 Å². The van der Waals surface area contributed by atoms with Gasteiger partial charge >= 0.3 is 6.18 Å². The number of nitrogens with two attached hydrogens (primary N) is 1. The molecule has 1 atom stereocenters. The number of nitrogens with zero attached hydrogens (tertiary/aromatic N) is 5. The van der Waals surface area contributed by atoms with E-state index >= 15 is 4.39 Å². The molecule has 0 bridgehead atoms. The standard InChI is InChI=1S/C27H31F7N8O/c1-12-4-5-36-6-7-37-24-18-23(39-26(40-24)42-9-14(10-42)41(3)11-17(28)29)21(31)22(38-25(18)43-12)15-8-16(35)20(30)13(2)19(15)27(32,33)34/h8,12,14,17,36H,4-7,9-11,35H2,1-3H3,(H,37,39,40)/t12-/m0/s1. The van der Waals surface area contributed by atoms with Gasteiger partial charge in [-0.2, -0.15) is 18.2 Å². The molecule has 1 saturated heterocycles. The van der Waals surface area contributed by atoms with Gasteiger partial charge in [0.2, 0.25) is 11.8 Å². The van der Waals surface area contributed by atoms with Crippen molar-refractivity contribution >= 4 is 28.4 Å². The third-order valence-electron chi connectivity index (χ3n) is 7.63. The van der Waals surface area contributed by atoms with Gasteiger partial charge in [0.25, 0.3) is 6.43 Å². The van der Waals surface area contributed by atoms with E-state index in [1.54, 1.807) is 18.9 Å². The molecule has 16 heteroatoms. The molecule has 3 aromatic rings. The van der Waals surface area contributed by atoms with Crippen molar-refractivity contribution in [1.29, 1.82) is 0 Å². The quantitative estimate of drug-likeness (QED) is 0.284. The van der Waals surface area contributed by atoms with Gasteiger partial charge in [0.15, 0.2) is 5.82 Å². The summed E-state index contributed by atoms with van der Waals surface area (Å²) in [4.78, 5) is 16.3. The molecule has 1 aromatic carbocycles. The first kappa shape index (κ1) is 30.8. The number of benzene rings is 1. The molecule has 4 N–H and O–H groups in total. The number of likely N-dealkylation sites (N-methyl/N-ethyl adjacent to an activating group) is 1. The average molecular weight is 617 g/mol. The minimum Gasteiger partial charge on any atom is -0.474 e. The second-order valence-corrected chi connectivity index (χ2v) is 10.8. The Morgan fingerprint density at radius 2 is 1.84 bits per heavy atom. The molecule has 0 unspecified atom stereocenters. The highest BCUT2D eigenvalue weighted by molar-refractivity contribution is 5.97. The van der Waals surface area contributed by atoms with Crippen LogP contribution < -0.4 is 26.0 Å². The van der Waals surface area contributed by atoms with Crippen LogP contribution in [0.3, 0.4) is 0 Å². The van der Waals surface area contributed by atoms with Crippen LogP contribution in [-0.2, 0) is 6.18 Å². The van der Waals surface area contributed by atoms with Gasteiger partial charge in [-0.3, -0.25) is 4.90 Å². The van der Waals surface area contributed by atoms with Crippen LogP contribution in [0.4, 0.5) is 48.2 Å². The number of alkyl halides is 5. The fourth-order valence-electron chi connectivity index (χ4n) is 5.25. The molecule has 0 saturated carbocycles. The first-order valence-electron chi connectivity index (χ1n) is 13.7. The van der Waals surface area contributed by atoms with Gasteiger partial charge in [0, 0.05) is 37.8 Å². The van der Waals surface area contributed by atoms with E-state index in [2.05, 4.69) is 25.6 Å². The van der Waals surface area contributed by atoms with Crippen molar-refractivity contribution in [2.75, 3.05) is 62.3 Å². The van der Waals surface area contributed by atoms with Crippen LogP contribution in [0.2, 0.25) is 0 Å². The fraction of sp³-hybridized carbons (Fsp3) is 0.519. The van der Waals surface area contributed by atoms with Gasteiger partial charge in [0.1, 0.15) is 28.2 Å². The summed E-state index contributed by atoms with van der Waals surface area (Å²) in [6, 6.07) is 0.466. The minimum atomic E-state index is -5.07. The Balaban J connectivity index is 1.72. The molecule has 5 rings (SSSR count). The smallest absolute Gasteiger partial charge is 0.417 e. The summed E-state index contributed by atoms with van der Waals surface area (Å²) < 4.78 is 106.